The van der Waals surface area contributed by atoms with E-state index in [1.807, 2.05) is 0 Å². The molecule has 2 rings (SSSR count). The Labute approximate surface area is 127 Å². The first-order valence-corrected chi connectivity index (χ1v) is 7.34. The van der Waals surface area contributed by atoms with Gasteiger partial charge >= 0.3 is 0 Å². The van der Waals surface area contributed by atoms with Crippen LogP contribution in [0.1, 0.15) is 6.42 Å². The Bertz CT molecular complexity index is 623. The van der Waals surface area contributed by atoms with Gasteiger partial charge in [0, 0.05) is 30.2 Å². The number of hydrogen-bond donors (Lipinski definition) is 1. The smallest absolute Gasteiger partial charge is 0.290 e. The maximum atomic E-state index is 12.3. The van der Waals surface area contributed by atoms with Crippen LogP contribution in [0.15, 0.2) is 23.1 Å². The zero-order chi connectivity index (χ0) is 14.2. The van der Waals surface area contributed by atoms with Gasteiger partial charge in [-0.3, -0.25) is 10.1 Å². The van der Waals surface area contributed by atoms with Gasteiger partial charge in [-0.1, -0.05) is 11.6 Å². The zero-order valence-electron chi connectivity index (χ0n) is 10.2. The predicted octanol–water partition coefficient (Wildman–Crippen LogP) is 1.39. The van der Waals surface area contributed by atoms with Gasteiger partial charge in [0.25, 0.3) is 5.69 Å². The molecule has 1 aliphatic heterocycles. The first kappa shape index (κ1) is 17.1. The SMILES string of the molecule is Cl.N[C@H]1CCN(S(=O)(=O)c2ccc(Cl)cc2[N+](=O)[O-])C1. The highest BCUT2D eigenvalue weighted by Crippen LogP contribution is 2.30. The van der Waals surface area contributed by atoms with E-state index in [2.05, 4.69) is 0 Å². The van der Waals surface area contributed by atoms with Crippen LogP contribution in [-0.2, 0) is 10.0 Å². The number of nitro benzene ring substituents is 1. The number of halogens is 2. The van der Waals surface area contributed by atoms with Crippen LogP contribution in [0.4, 0.5) is 5.69 Å². The van der Waals surface area contributed by atoms with E-state index < -0.39 is 20.6 Å². The summed E-state index contributed by atoms with van der Waals surface area (Å²) in [5, 5.41) is 11.1. The highest BCUT2D eigenvalue weighted by Gasteiger charge is 2.35. The molecule has 1 heterocycles. The Kier molecular flexibility index (Phi) is 5.33. The number of nitrogens with two attached hydrogens (primary N) is 1. The Balaban J connectivity index is 0.00000200. The Morgan fingerprint density at radius 2 is 2.10 bits per heavy atom. The summed E-state index contributed by atoms with van der Waals surface area (Å²) in [6.45, 7) is 0.436. The molecule has 1 saturated heterocycles. The largest absolute Gasteiger partial charge is 0.326 e. The molecule has 0 aromatic heterocycles. The topological polar surface area (TPSA) is 107 Å². The molecule has 1 aliphatic rings. The molecule has 7 nitrogen and oxygen atoms in total. The van der Waals surface area contributed by atoms with Crippen molar-refractivity contribution in [1.29, 1.82) is 0 Å². The lowest BCUT2D eigenvalue weighted by Gasteiger charge is -2.15. The molecule has 0 aliphatic carbocycles. The van der Waals surface area contributed by atoms with Gasteiger partial charge in [-0.2, -0.15) is 4.31 Å². The van der Waals surface area contributed by atoms with E-state index in [0.29, 0.717) is 6.42 Å². The number of rotatable bonds is 3. The van der Waals surface area contributed by atoms with E-state index in [1.54, 1.807) is 0 Å². The normalized spacial score (nSPS) is 19.6. The number of benzene rings is 1. The second-order valence-corrected chi connectivity index (χ2v) is 6.62. The average Bonchev–Trinajstić information content (AvgIpc) is 2.76. The number of hydrogen-bond acceptors (Lipinski definition) is 5. The van der Waals surface area contributed by atoms with E-state index in [4.69, 9.17) is 17.3 Å². The van der Waals surface area contributed by atoms with Gasteiger partial charge in [-0.25, -0.2) is 8.42 Å². The monoisotopic (exact) mass is 341 g/mol. The van der Waals surface area contributed by atoms with Gasteiger partial charge in [0.15, 0.2) is 4.90 Å². The lowest BCUT2D eigenvalue weighted by Crippen LogP contribution is -2.32. The molecule has 1 atom stereocenters. The van der Waals surface area contributed by atoms with Gasteiger partial charge in [0.2, 0.25) is 10.0 Å². The summed E-state index contributed by atoms with van der Waals surface area (Å²) in [6.07, 6.45) is 0.542. The summed E-state index contributed by atoms with van der Waals surface area (Å²) in [4.78, 5) is 9.83. The van der Waals surface area contributed by atoms with Crippen molar-refractivity contribution in [3.8, 4) is 0 Å². The second-order valence-electron chi connectivity index (χ2n) is 4.28. The molecule has 0 unspecified atom stereocenters. The Morgan fingerprint density at radius 1 is 1.45 bits per heavy atom. The first-order valence-electron chi connectivity index (χ1n) is 5.52. The molecule has 0 amide bonds. The molecule has 1 aromatic rings. The standard InChI is InChI=1S/C10H12ClN3O4S.ClH/c11-7-1-2-10(9(5-7)14(15)16)19(17,18)13-4-3-8(12)6-13;/h1-2,5,8H,3-4,6,12H2;1H/t8-;/m0./s1. The summed E-state index contributed by atoms with van der Waals surface area (Å²) in [7, 11) is -3.91. The van der Waals surface area contributed by atoms with E-state index in [9.17, 15) is 18.5 Å². The minimum absolute atomic E-state index is 0. The van der Waals surface area contributed by atoms with Crippen molar-refractivity contribution in [2.24, 2.45) is 5.73 Å². The quantitative estimate of drug-likeness (QED) is 0.660. The van der Waals surface area contributed by atoms with Crippen LogP contribution >= 0.6 is 24.0 Å². The fourth-order valence-electron chi connectivity index (χ4n) is 1.96. The third-order valence-corrected chi connectivity index (χ3v) is 5.07. The summed E-state index contributed by atoms with van der Waals surface area (Å²) in [6, 6.07) is 3.27. The average molecular weight is 342 g/mol. The van der Waals surface area contributed by atoms with Crippen LogP contribution < -0.4 is 5.73 Å². The van der Waals surface area contributed by atoms with Crippen molar-refractivity contribution in [1.82, 2.24) is 4.31 Å². The van der Waals surface area contributed by atoms with Gasteiger partial charge in [-0.15, -0.1) is 12.4 Å². The van der Waals surface area contributed by atoms with Crippen LogP contribution in [0, 0.1) is 10.1 Å². The van der Waals surface area contributed by atoms with Crippen molar-refractivity contribution < 1.29 is 13.3 Å². The summed E-state index contributed by atoms with van der Waals surface area (Å²) in [5.74, 6) is 0. The molecule has 0 saturated carbocycles. The third-order valence-electron chi connectivity index (χ3n) is 2.92. The number of nitrogens with zero attached hydrogens (tertiary/aromatic N) is 2. The zero-order valence-corrected chi connectivity index (χ0v) is 12.6. The van der Waals surface area contributed by atoms with Crippen LogP contribution in [0.2, 0.25) is 5.02 Å². The first-order chi connectivity index (χ1) is 8.82. The maximum absolute atomic E-state index is 12.3. The molecular formula is C10H13Cl2N3O4S. The fourth-order valence-corrected chi connectivity index (χ4v) is 3.78. The molecule has 2 N–H and O–H groups in total. The summed E-state index contributed by atoms with van der Waals surface area (Å²) < 4.78 is 25.8. The molecule has 0 bridgehead atoms. The number of sulfonamides is 1. The maximum Gasteiger partial charge on any atom is 0.290 e. The molecular weight excluding hydrogens is 329 g/mol. The minimum Gasteiger partial charge on any atom is -0.326 e. The van der Waals surface area contributed by atoms with Crippen molar-refractivity contribution in [2.45, 2.75) is 17.4 Å². The minimum atomic E-state index is -3.91. The second kappa shape index (κ2) is 6.23. The molecule has 20 heavy (non-hydrogen) atoms. The molecule has 0 radical (unpaired) electrons. The molecule has 1 aromatic carbocycles. The van der Waals surface area contributed by atoms with Gasteiger partial charge in [-0.05, 0) is 18.6 Å². The molecule has 0 spiro atoms. The van der Waals surface area contributed by atoms with Crippen molar-refractivity contribution in [2.75, 3.05) is 13.1 Å². The van der Waals surface area contributed by atoms with Crippen molar-refractivity contribution >= 4 is 39.7 Å². The lowest BCUT2D eigenvalue weighted by molar-refractivity contribution is -0.387. The van der Waals surface area contributed by atoms with Crippen molar-refractivity contribution in [3.05, 3.63) is 33.3 Å². The van der Waals surface area contributed by atoms with Crippen LogP contribution in [-0.4, -0.2) is 36.8 Å². The van der Waals surface area contributed by atoms with E-state index in [1.165, 1.54) is 6.07 Å². The van der Waals surface area contributed by atoms with Crippen LogP contribution in [0.25, 0.3) is 0 Å². The summed E-state index contributed by atoms with van der Waals surface area (Å²) in [5.41, 5.74) is 5.14. The van der Waals surface area contributed by atoms with Crippen molar-refractivity contribution in [3.63, 3.8) is 0 Å². The molecule has 10 heteroatoms. The van der Waals surface area contributed by atoms with Gasteiger partial charge in [0.05, 0.1) is 4.92 Å². The Morgan fingerprint density at radius 3 is 2.60 bits per heavy atom. The lowest BCUT2D eigenvalue weighted by atomic mass is 10.3. The predicted molar refractivity (Wildman–Crippen MR) is 76.7 cm³/mol. The number of nitro groups is 1. The van der Waals surface area contributed by atoms with E-state index in [-0.39, 0.29) is 41.5 Å². The van der Waals surface area contributed by atoms with Gasteiger partial charge < -0.3 is 5.73 Å². The highest BCUT2D eigenvalue weighted by molar-refractivity contribution is 7.89. The molecule has 1 fully saturated rings. The molecule has 112 valence electrons. The van der Waals surface area contributed by atoms with Crippen LogP contribution in [0.5, 0.6) is 0 Å². The van der Waals surface area contributed by atoms with E-state index >= 15 is 0 Å². The third kappa shape index (κ3) is 3.21. The van der Waals surface area contributed by atoms with E-state index in [0.717, 1.165) is 16.4 Å². The Hall–Kier alpha value is -0.930. The summed E-state index contributed by atoms with van der Waals surface area (Å²) >= 11 is 5.66. The highest BCUT2D eigenvalue weighted by atomic mass is 35.5. The van der Waals surface area contributed by atoms with Gasteiger partial charge in [0.1, 0.15) is 0 Å². The fraction of sp³-hybridized carbons (Fsp3) is 0.400. The van der Waals surface area contributed by atoms with Crippen LogP contribution in [0.3, 0.4) is 0 Å².